The second kappa shape index (κ2) is 12.6. The molecule has 0 spiro atoms. The third-order valence-corrected chi connectivity index (χ3v) is 6.58. The monoisotopic (exact) mass is 398 g/mol. The lowest BCUT2D eigenvalue weighted by molar-refractivity contribution is -0.109. The molecule has 0 atom stereocenters. The van der Waals surface area contributed by atoms with Crippen molar-refractivity contribution >= 4 is 22.9 Å². The van der Waals surface area contributed by atoms with Gasteiger partial charge >= 0.3 is 6.03 Å². The SMILES string of the molecule is CC(=O)SCCN(CCC1CCCCC1)C(=O)NCCN1CCN(C)CC1. The quantitative estimate of drug-likeness (QED) is 0.647. The molecular formula is C20H38N4O2S. The average molecular weight is 399 g/mol. The van der Waals surface area contributed by atoms with Crippen molar-refractivity contribution in [3.63, 3.8) is 0 Å². The number of carbonyl (C=O) groups is 2. The van der Waals surface area contributed by atoms with Gasteiger partial charge in [0.05, 0.1) is 0 Å². The topological polar surface area (TPSA) is 55.9 Å². The van der Waals surface area contributed by atoms with Gasteiger partial charge in [-0.15, -0.1) is 0 Å². The molecule has 7 heteroatoms. The second-order valence-electron chi connectivity index (χ2n) is 8.00. The summed E-state index contributed by atoms with van der Waals surface area (Å²) in [5.41, 5.74) is 0. The van der Waals surface area contributed by atoms with E-state index in [4.69, 9.17) is 0 Å². The number of hydrogen-bond acceptors (Lipinski definition) is 5. The molecule has 27 heavy (non-hydrogen) atoms. The van der Waals surface area contributed by atoms with E-state index in [0.717, 1.165) is 51.6 Å². The summed E-state index contributed by atoms with van der Waals surface area (Å²) in [4.78, 5) is 30.6. The van der Waals surface area contributed by atoms with E-state index in [1.807, 2.05) is 4.90 Å². The van der Waals surface area contributed by atoms with Crippen molar-refractivity contribution in [1.29, 1.82) is 0 Å². The van der Waals surface area contributed by atoms with Crippen molar-refractivity contribution in [1.82, 2.24) is 20.0 Å². The maximum atomic E-state index is 12.7. The van der Waals surface area contributed by atoms with Gasteiger partial charge in [0.2, 0.25) is 0 Å². The van der Waals surface area contributed by atoms with E-state index in [2.05, 4.69) is 22.2 Å². The molecule has 1 heterocycles. The first-order valence-electron chi connectivity index (χ1n) is 10.6. The Morgan fingerprint density at radius 3 is 2.44 bits per heavy atom. The second-order valence-corrected chi connectivity index (χ2v) is 9.27. The molecule has 0 aromatic carbocycles. The summed E-state index contributed by atoms with van der Waals surface area (Å²) in [5.74, 6) is 1.45. The fraction of sp³-hybridized carbons (Fsp3) is 0.900. The van der Waals surface area contributed by atoms with Crippen LogP contribution < -0.4 is 5.32 Å². The lowest BCUT2D eigenvalue weighted by atomic mass is 9.87. The van der Waals surface area contributed by atoms with Crippen molar-refractivity contribution in [2.75, 3.05) is 65.2 Å². The standard InChI is InChI=1S/C20H38N4O2S/c1-18(25)27-17-16-24(10-8-19-6-4-3-5-7-19)20(26)21-9-11-23-14-12-22(2)13-15-23/h19H,3-17H2,1-2H3,(H,21,26). The van der Waals surface area contributed by atoms with Crippen LogP contribution in [-0.2, 0) is 4.79 Å². The van der Waals surface area contributed by atoms with Crippen LogP contribution in [0.3, 0.4) is 0 Å². The van der Waals surface area contributed by atoms with Crippen LogP contribution in [0.1, 0.15) is 45.4 Å². The molecule has 156 valence electrons. The Bertz CT molecular complexity index is 449. The van der Waals surface area contributed by atoms with Gasteiger partial charge in [-0.3, -0.25) is 9.69 Å². The van der Waals surface area contributed by atoms with E-state index < -0.39 is 0 Å². The van der Waals surface area contributed by atoms with Crippen LogP contribution in [0, 0.1) is 5.92 Å². The molecule has 0 aromatic heterocycles. The zero-order valence-corrected chi connectivity index (χ0v) is 18.1. The minimum Gasteiger partial charge on any atom is -0.337 e. The molecule has 0 radical (unpaired) electrons. The van der Waals surface area contributed by atoms with Crippen LogP contribution >= 0.6 is 11.8 Å². The number of rotatable bonds is 9. The van der Waals surface area contributed by atoms with Crippen molar-refractivity contribution in [3.05, 3.63) is 0 Å². The molecule has 1 N–H and O–H groups in total. The van der Waals surface area contributed by atoms with Gasteiger partial charge < -0.3 is 15.1 Å². The number of hydrogen-bond donors (Lipinski definition) is 1. The molecule has 0 aromatic rings. The molecule has 1 saturated heterocycles. The molecule has 2 rings (SSSR count). The first-order valence-corrected chi connectivity index (χ1v) is 11.6. The zero-order chi connectivity index (χ0) is 19.5. The summed E-state index contributed by atoms with van der Waals surface area (Å²) in [6.07, 6.45) is 7.74. The molecule has 0 bridgehead atoms. The van der Waals surface area contributed by atoms with E-state index in [1.165, 1.54) is 43.9 Å². The molecule has 1 aliphatic heterocycles. The first-order chi connectivity index (χ1) is 13.0. The normalized spacial score (nSPS) is 19.8. The van der Waals surface area contributed by atoms with Gasteiger partial charge in [0.15, 0.2) is 5.12 Å². The molecule has 2 aliphatic rings. The zero-order valence-electron chi connectivity index (χ0n) is 17.3. The van der Waals surface area contributed by atoms with Crippen LogP contribution in [0.4, 0.5) is 4.79 Å². The van der Waals surface area contributed by atoms with E-state index in [-0.39, 0.29) is 11.1 Å². The van der Waals surface area contributed by atoms with Crippen LogP contribution in [0.5, 0.6) is 0 Å². The number of piperazine rings is 1. The van der Waals surface area contributed by atoms with E-state index >= 15 is 0 Å². The smallest absolute Gasteiger partial charge is 0.317 e. The summed E-state index contributed by atoms with van der Waals surface area (Å²) in [6.45, 7) is 9.02. The van der Waals surface area contributed by atoms with Gasteiger partial charge in [0, 0.05) is 65.0 Å². The molecule has 1 aliphatic carbocycles. The molecular weight excluding hydrogens is 360 g/mol. The minimum atomic E-state index is 0.0316. The highest BCUT2D eigenvalue weighted by molar-refractivity contribution is 8.13. The minimum absolute atomic E-state index is 0.0316. The Labute approximate surface area is 169 Å². The predicted molar refractivity (Wildman–Crippen MR) is 113 cm³/mol. The average Bonchev–Trinajstić information content (AvgIpc) is 2.66. The molecule has 2 amide bonds. The van der Waals surface area contributed by atoms with Crippen LogP contribution in [0.2, 0.25) is 0 Å². The van der Waals surface area contributed by atoms with Crippen LogP contribution in [0.15, 0.2) is 0 Å². The van der Waals surface area contributed by atoms with Crippen molar-refractivity contribution < 1.29 is 9.59 Å². The number of amides is 2. The van der Waals surface area contributed by atoms with E-state index in [1.54, 1.807) is 6.92 Å². The van der Waals surface area contributed by atoms with Gasteiger partial charge in [-0.1, -0.05) is 43.9 Å². The van der Waals surface area contributed by atoms with E-state index in [0.29, 0.717) is 18.8 Å². The summed E-state index contributed by atoms with van der Waals surface area (Å²) < 4.78 is 0. The number of likely N-dealkylation sites (N-methyl/N-ethyl adjacent to an activating group) is 1. The lowest BCUT2D eigenvalue weighted by Crippen LogP contribution is -2.48. The van der Waals surface area contributed by atoms with Crippen LogP contribution in [-0.4, -0.2) is 91.0 Å². The maximum Gasteiger partial charge on any atom is 0.317 e. The third-order valence-electron chi connectivity index (χ3n) is 5.79. The Balaban J connectivity index is 1.71. The summed E-state index contributed by atoms with van der Waals surface area (Å²) in [7, 11) is 2.16. The third kappa shape index (κ3) is 9.30. The van der Waals surface area contributed by atoms with Crippen molar-refractivity contribution in [2.24, 2.45) is 5.92 Å². The first kappa shape index (κ1) is 22.5. The Morgan fingerprint density at radius 1 is 1.07 bits per heavy atom. The summed E-state index contributed by atoms with van der Waals surface area (Å²) in [6, 6.07) is 0.0316. The number of nitrogens with one attached hydrogen (secondary N) is 1. The number of urea groups is 1. The summed E-state index contributed by atoms with van der Waals surface area (Å²) in [5, 5.41) is 3.23. The number of thioether (sulfide) groups is 1. The maximum absolute atomic E-state index is 12.7. The fourth-order valence-electron chi connectivity index (χ4n) is 3.93. The van der Waals surface area contributed by atoms with Gasteiger partial charge in [-0.2, -0.15) is 0 Å². The van der Waals surface area contributed by atoms with Crippen molar-refractivity contribution in [2.45, 2.75) is 45.4 Å². The van der Waals surface area contributed by atoms with Gasteiger partial charge in [-0.25, -0.2) is 4.79 Å². The molecule has 1 saturated carbocycles. The number of nitrogens with zero attached hydrogens (tertiary/aromatic N) is 3. The largest absolute Gasteiger partial charge is 0.337 e. The van der Waals surface area contributed by atoms with Gasteiger partial charge in [-0.05, 0) is 19.4 Å². The lowest BCUT2D eigenvalue weighted by Gasteiger charge is -2.32. The van der Waals surface area contributed by atoms with Crippen LogP contribution in [0.25, 0.3) is 0 Å². The Morgan fingerprint density at radius 2 is 1.78 bits per heavy atom. The molecule has 6 nitrogen and oxygen atoms in total. The van der Waals surface area contributed by atoms with Gasteiger partial charge in [0.1, 0.15) is 0 Å². The summed E-state index contributed by atoms with van der Waals surface area (Å²) >= 11 is 1.31. The highest BCUT2D eigenvalue weighted by Gasteiger charge is 2.19. The van der Waals surface area contributed by atoms with E-state index in [9.17, 15) is 9.59 Å². The fourth-order valence-corrected chi connectivity index (χ4v) is 4.53. The Kier molecular flexibility index (Phi) is 10.5. The predicted octanol–water partition coefficient (Wildman–Crippen LogP) is 2.50. The molecule has 2 fully saturated rings. The number of carbonyl (C=O) groups excluding carboxylic acids is 2. The van der Waals surface area contributed by atoms with Crippen molar-refractivity contribution in [3.8, 4) is 0 Å². The Hall–Kier alpha value is -0.790. The highest BCUT2D eigenvalue weighted by Crippen LogP contribution is 2.26. The van der Waals surface area contributed by atoms with Gasteiger partial charge in [0.25, 0.3) is 0 Å². The highest BCUT2D eigenvalue weighted by atomic mass is 32.2. The molecule has 0 unspecified atom stereocenters.